The third-order valence-corrected chi connectivity index (χ3v) is 2.96. The fourth-order valence-electron chi connectivity index (χ4n) is 1.91. The highest BCUT2D eigenvalue weighted by molar-refractivity contribution is 5.95. The summed E-state index contributed by atoms with van der Waals surface area (Å²) in [4.78, 5) is 25.5. The Kier molecular flexibility index (Phi) is 3.82. The van der Waals surface area contributed by atoms with E-state index in [1.165, 1.54) is 0 Å². The molecule has 0 aromatic rings. The van der Waals surface area contributed by atoms with Crippen LogP contribution in [0.4, 0.5) is 0 Å². The predicted molar refractivity (Wildman–Crippen MR) is 66.0 cm³/mol. The summed E-state index contributed by atoms with van der Waals surface area (Å²) in [6.45, 7) is 7.78. The van der Waals surface area contributed by atoms with Crippen molar-refractivity contribution in [3.63, 3.8) is 0 Å². The maximum atomic E-state index is 12.3. The zero-order valence-corrected chi connectivity index (χ0v) is 10.9. The van der Waals surface area contributed by atoms with E-state index in [0.29, 0.717) is 6.42 Å². The van der Waals surface area contributed by atoms with Crippen LogP contribution in [0.3, 0.4) is 0 Å². The van der Waals surface area contributed by atoms with E-state index in [4.69, 9.17) is 6.42 Å². The summed E-state index contributed by atoms with van der Waals surface area (Å²) in [7, 11) is 0. The standard InChI is InChI=1S/C13H20N2O2/c1-6-7-9(2)15-8-10(16)14-11(12(15)17)13(3,4)5/h1,9,11H,7-8H2,2-5H3,(H,14,16). The van der Waals surface area contributed by atoms with E-state index in [2.05, 4.69) is 11.2 Å². The summed E-state index contributed by atoms with van der Waals surface area (Å²) in [6, 6.07) is -0.563. The zero-order chi connectivity index (χ0) is 13.2. The summed E-state index contributed by atoms with van der Waals surface area (Å²) < 4.78 is 0. The first-order valence-electron chi connectivity index (χ1n) is 5.80. The molecule has 0 aromatic carbocycles. The number of nitrogens with zero attached hydrogens (tertiary/aromatic N) is 1. The molecule has 2 unspecified atom stereocenters. The first kappa shape index (κ1) is 13.6. The SMILES string of the molecule is C#CCC(C)N1CC(=O)NC(C(C)(C)C)C1=O. The average molecular weight is 236 g/mol. The van der Waals surface area contributed by atoms with Crippen molar-refractivity contribution < 1.29 is 9.59 Å². The van der Waals surface area contributed by atoms with Crippen LogP contribution in [-0.4, -0.2) is 35.3 Å². The van der Waals surface area contributed by atoms with Gasteiger partial charge >= 0.3 is 0 Å². The van der Waals surface area contributed by atoms with E-state index in [9.17, 15) is 9.59 Å². The Bertz CT molecular complexity index is 363. The molecule has 0 bridgehead atoms. The molecule has 2 atom stereocenters. The molecule has 0 aliphatic carbocycles. The molecule has 1 aliphatic rings. The number of hydrogen-bond donors (Lipinski definition) is 1. The van der Waals surface area contributed by atoms with Gasteiger partial charge < -0.3 is 10.2 Å². The molecule has 1 N–H and O–H groups in total. The number of rotatable bonds is 2. The van der Waals surface area contributed by atoms with Crippen LogP contribution in [0.5, 0.6) is 0 Å². The highest BCUT2D eigenvalue weighted by atomic mass is 16.2. The van der Waals surface area contributed by atoms with Crippen LogP contribution in [0.1, 0.15) is 34.1 Å². The van der Waals surface area contributed by atoms with Crippen LogP contribution in [0, 0.1) is 17.8 Å². The fraction of sp³-hybridized carbons (Fsp3) is 0.692. The van der Waals surface area contributed by atoms with E-state index < -0.39 is 6.04 Å². The summed E-state index contributed by atoms with van der Waals surface area (Å²) in [5.41, 5.74) is -0.290. The summed E-state index contributed by atoms with van der Waals surface area (Å²) in [5.74, 6) is 2.37. The van der Waals surface area contributed by atoms with Gasteiger partial charge in [0.15, 0.2) is 0 Å². The second kappa shape index (κ2) is 4.79. The van der Waals surface area contributed by atoms with Crippen molar-refractivity contribution >= 4 is 11.8 Å². The van der Waals surface area contributed by atoms with Crippen molar-refractivity contribution in [3.05, 3.63) is 0 Å². The van der Waals surface area contributed by atoms with Gasteiger partial charge in [0.1, 0.15) is 6.04 Å². The lowest BCUT2D eigenvalue weighted by Gasteiger charge is -2.41. The molecule has 1 rings (SSSR count). The highest BCUT2D eigenvalue weighted by Crippen LogP contribution is 2.24. The lowest BCUT2D eigenvalue weighted by molar-refractivity contribution is -0.149. The van der Waals surface area contributed by atoms with Gasteiger partial charge in [0, 0.05) is 12.5 Å². The number of carbonyl (C=O) groups excluding carboxylic acids is 2. The Hall–Kier alpha value is -1.50. The third-order valence-electron chi connectivity index (χ3n) is 2.96. The van der Waals surface area contributed by atoms with Gasteiger partial charge in [-0.3, -0.25) is 9.59 Å². The molecule has 1 fully saturated rings. The lowest BCUT2D eigenvalue weighted by Crippen LogP contribution is -2.63. The van der Waals surface area contributed by atoms with E-state index in [1.54, 1.807) is 4.90 Å². The third kappa shape index (κ3) is 3.00. The molecule has 4 heteroatoms. The molecule has 2 amide bonds. The minimum absolute atomic E-state index is 0.0418. The molecule has 0 spiro atoms. The summed E-state index contributed by atoms with van der Waals surface area (Å²) in [5, 5.41) is 2.75. The summed E-state index contributed by atoms with van der Waals surface area (Å²) >= 11 is 0. The van der Waals surface area contributed by atoms with Gasteiger partial charge in [0.05, 0.1) is 6.54 Å². The van der Waals surface area contributed by atoms with Crippen LogP contribution >= 0.6 is 0 Å². The van der Waals surface area contributed by atoms with Crippen molar-refractivity contribution in [3.8, 4) is 12.3 Å². The van der Waals surface area contributed by atoms with Gasteiger partial charge in [-0.1, -0.05) is 20.8 Å². The molecular formula is C13H20N2O2. The highest BCUT2D eigenvalue weighted by Gasteiger charge is 2.41. The Morgan fingerprint density at radius 3 is 2.59 bits per heavy atom. The first-order valence-corrected chi connectivity index (χ1v) is 5.80. The Balaban J connectivity index is 2.91. The topological polar surface area (TPSA) is 49.4 Å². The second-order valence-corrected chi connectivity index (χ2v) is 5.59. The van der Waals surface area contributed by atoms with Gasteiger partial charge in [-0.15, -0.1) is 12.3 Å². The van der Waals surface area contributed by atoms with Crippen LogP contribution in [0.2, 0.25) is 0 Å². The number of terminal acetylenes is 1. The Morgan fingerprint density at radius 1 is 1.53 bits per heavy atom. The minimum atomic E-state index is -0.469. The number of amides is 2. The Labute approximate surface area is 103 Å². The molecule has 0 aromatic heterocycles. The molecule has 1 saturated heterocycles. The molecule has 1 heterocycles. The Morgan fingerprint density at radius 2 is 2.12 bits per heavy atom. The molecular weight excluding hydrogens is 216 g/mol. The molecule has 0 radical (unpaired) electrons. The normalized spacial score (nSPS) is 23.0. The smallest absolute Gasteiger partial charge is 0.246 e. The number of carbonyl (C=O) groups is 2. The largest absolute Gasteiger partial charge is 0.342 e. The van der Waals surface area contributed by atoms with Crippen LogP contribution in [-0.2, 0) is 9.59 Å². The van der Waals surface area contributed by atoms with Gasteiger partial charge in [-0.25, -0.2) is 0 Å². The molecule has 94 valence electrons. The monoisotopic (exact) mass is 236 g/mol. The van der Waals surface area contributed by atoms with E-state index >= 15 is 0 Å². The quantitative estimate of drug-likeness (QED) is 0.720. The number of hydrogen-bond acceptors (Lipinski definition) is 2. The van der Waals surface area contributed by atoms with E-state index in [0.717, 1.165) is 0 Å². The summed E-state index contributed by atoms with van der Waals surface area (Å²) in [6.07, 6.45) is 5.72. The first-order chi connectivity index (χ1) is 7.77. The maximum absolute atomic E-state index is 12.3. The van der Waals surface area contributed by atoms with E-state index in [-0.39, 0.29) is 29.8 Å². The van der Waals surface area contributed by atoms with Gasteiger partial charge in [0.25, 0.3) is 0 Å². The molecule has 4 nitrogen and oxygen atoms in total. The zero-order valence-electron chi connectivity index (χ0n) is 10.9. The second-order valence-electron chi connectivity index (χ2n) is 5.59. The molecule has 0 saturated carbocycles. The number of piperazine rings is 1. The van der Waals surface area contributed by atoms with Crippen molar-refractivity contribution in [2.24, 2.45) is 5.41 Å². The lowest BCUT2D eigenvalue weighted by atomic mass is 9.84. The molecule has 17 heavy (non-hydrogen) atoms. The predicted octanol–water partition coefficient (Wildman–Crippen LogP) is 0.771. The van der Waals surface area contributed by atoms with E-state index in [1.807, 2.05) is 27.7 Å². The van der Waals surface area contributed by atoms with Crippen molar-refractivity contribution in [1.82, 2.24) is 10.2 Å². The average Bonchev–Trinajstić information content (AvgIpc) is 2.19. The number of nitrogens with one attached hydrogen (secondary N) is 1. The van der Waals surface area contributed by atoms with Crippen LogP contribution < -0.4 is 5.32 Å². The van der Waals surface area contributed by atoms with Gasteiger partial charge in [-0.2, -0.15) is 0 Å². The van der Waals surface area contributed by atoms with Crippen LogP contribution in [0.15, 0.2) is 0 Å². The van der Waals surface area contributed by atoms with Crippen molar-refractivity contribution in [1.29, 1.82) is 0 Å². The van der Waals surface area contributed by atoms with Crippen LogP contribution in [0.25, 0.3) is 0 Å². The van der Waals surface area contributed by atoms with Crippen molar-refractivity contribution in [2.75, 3.05) is 6.54 Å². The molecule has 1 aliphatic heterocycles. The van der Waals surface area contributed by atoms with Crippen molar-refractivity contribution in [2.45, 2.75) is 46.2 Å². The fourth-order valence-corrected chi connectivity index (χ4v) is 1.91. The minimum Gasteiger partial charge on any atom is -0.342 e. The maximum Gasteiger partial charge on any atom is 0.246 e. The van der Waals surface area contributed by atoms with Gasteiger partial charge in [0.2, 0.25) is 11.8 Å². The van der Waals surface area contributed by atoms with Gasteiger partial charge in [-0.05, 0) is 12.3 Å².